The van der Waals surface area contributed by atoms with Crippen LogP contribution in [0.2, 0.25) is 0 Å². The van der Waals surface area contributed by atoms with E-state index in [2.05, 4.69) is 60.1 Å². The molecule has 1 aromatic rings. The lowest BCUT2D eigenvalue weighted by Crippen LogP contribution is -2.48. The van der Waals surface area contributed by atoms with E-state index in [4.69, 9.17) is 4.99 Å². The second kappa shape index (κ2) is 12.7. The first-order chi connectivity index (χ1) is 13.7. The van der Waals surface area contributed by atoms with Crippen LogP contribution in [0.25, 0.3) is 0 Å². The van der Waals surface area contributed by atoms with Gasteiger partial charge in [0.25, 0.3) is 0 Å². The van der Waals surface area contributed by atoms with Crippen molar-refractivity contribution < 1.29 is 4.79 Å². The maximum atomic E-state index is 12.6. The lowest BCUT2D eigenvalue weighted by atomic mass is 9.99. The van der Waals surface area contributed by atoms with Crippen molar-refractivity contribution in [3.8, 4) is 0 Å². The van der Waals surface area contributed by atoms with Crippen molar-refractivity contribution in [2.45, 2.75) is 51.3 Å². The molecule has 29 heavy (non-hydrogen) atoms. The van der Waals surface area contributed by atoms with Crippen LogP contribution in [0.3, 0.4) is 0 Å². The first-order valence-electron chi connectivity index (χ1n) is 10.7. The van der Waals surface area contributed by atoms with Crippen molar-refractivity contribution >= 4 is 47.6 Å². The molecule has 2 heterocycles. The Labute approximate surface area is 197 Å². The van der Waals surface area contributed by atoms with Gasteiger partial charge in [0.05, 0.1) is 0 Å². The van der Waals surface area contributed by atoms with Crippen LogP contribution in [0.5, 0.6) is 0 Å². The van der Waals surface area contributed by atoms with E-state index in [1.807, 2.05) is 4.90 Å². The van der Waals surface area contributed by atoms with Gasteiger partial charge in [-0.15, -0.1) is 24.0 Å². The average Bonchev–Trinajstić information content (AvgIpc) is 2.75. The van der Waals surface area contributed by atoms with Gasteiger partial charge < -0.3 is 15.1 Å². The fourth-order valence-electron chi connectivity index (χ4n) is 3.87. The highest BCUT2D eigenvalue weighted by Crippen LogP contribution is 2.21. The number of hydrogen-bond acceptors (Lipinski definition) is 3. The number of nitrogens with one attached hydrogen (secondary N) is 1. The molecule has 5 nitrogen and oxygen atoms in total. The summed E-state index contributed by atoms with van der Waals surface area (Å²) in [5, 5.41) is 4.13. The van der Waals surface area contributed by atoms with Crippen LogP contribution < -0.4 is 5.32 Å². The van der Waals surface area contributed by atoms with Crippen LogP contribution in [-0.2, 0) is 17.8 Å². The molecule has 2 aliphatic rings. The molecule has 3 rings (SSSR count). The number of amides is 1. The molecule has 1 N–H and O–H groups in total. The smallest absolute Gasteiger partial charge is 0.222 e. The van der Waals surface area contributed by atoms with Gasteiger partial charge in [-0.25, -0.2) is 0 Å². The Hall–Kier alpha value is -0.960. The van der Waals surface area contributed by atoms with Gasteiger partial charge in [-0.05, 0) is 37.3 Å². The Morgan fingerprint density at radius 2 is 2.00 bits per heavy atom. The number of hydrogen-bond donors (Lipinski definition) is 1. The normalized spacial score (nSPS) is 19.4. The molecule has 1 atom stereocenters. The fraction of sp³-hybridized carbons (Fsp3) is 0.636. The Bertz CT molecular complexity index is 685. The number of guanidine groups is 1. The molecule has 0 bridgehead atoms. The SMILES string of the molecule is CCNC(=NCCCC(=O)N1CCc2ccccc2C1)N1CCSC(CC)C1.I. The maximum Gasteiger partial charge on any atom is 0.222 e. The number of thioether (sulfide) groups is 1. The summed E-state index contributed by atoms with van der Waals surface area (Å²) in [5.41, 5.74) is 2.68. The summed E-state index contributed by atoms with van der Waals surface area (Å²) in [6.07, 6.45) is 3.56. The van der Waals surface area contributed by atoms with E-state index in [-0.39, 0.29) is 29.9 Å². The highest BCUT2D eigenvalue weighted by molar-refractivity contribution is 14.0. The zero-order valence-corrected chi connectivity index (χ0v) is 20.9. The Morgan fingerprint density at radius 1 is 1.21 bits per heavy atom. The minimum absolute atomic E-state index is 0. The number of carbonyl (C=O) groups excluding carboxylic acids is 1. The topological polar surface area (TPSA) is 47.9 Å². The summed E-state index contributed by atoms with van der Waals surface area (Å²) in [5.74, 6) is 2.44. The van der Waals surface area contributed by atoms with E-state index >= 15 is 0 Å². The standard InChI is InChI=1S/C22H34N4OS.HI/c1-3-20-17-26(14-15-28-20)22(23-4-2)24-12-7-10-21(27)25-13-11-18-8-5-6-9-19(18)16-25;/h5-6,8-9,20H,3-4,7,10-17H2,1-2H3,(H,23,24);1H. The average molecular weight is 531 g/mol. The van der Waals surface area contributed by atoms with E-state index in [0.29, 0.717) is 18.2 Å². The van der Waals surface area contributed by atoms with Crippen LogP contribution in [0.1, 0.15) is 44.2 Å². The minimum atomic E-state index is 0. The number of nitrogens with zero attached hydrogens (tertiary/aromatic N) is 3. The van der Waals surface area contributed by atoms with Crippen LogP contribution in [-0.4, -0.2) is 65.4 Å². The highest BCUT2D eigenvalue weighted by Gasteiger charge is 2.22. The van der Waals surface area contributed by atoms with E-state index < -0.39 is 0 Å². The van der Waals surface area contributed by atoms with Gasteiger partial charge >= 0.3 is 0 Å². The summed E-state index contributed by atoms with van der Waals surface area (Å²) in [6.45, 7) is 9.68. The van der Waals surface area contributed by atoms with E-state index in [9.17, 15) is 4.79 Å². The Balaban J connectivity index is 0.00000300. The van der Waals surface area contributed by atoms with Crippen molar-refractivity contribution in [2.24, 2.45) is 4.99 Å². The summed E-state index contributed by atoms with van der Waals surface area (Å²) >= 11 is 2.07. The summed E-state index contributed by atoms with van der Waals surface area (Å²) < 4.78 is 0. The van der Waals surface area contributed by atoms with E-state index in [1.165, 1.54) is 17.5 Å². The maximum absolute atomic E-state index is 12.6. The summed E-state index contributed by atoms with van der Waals surface area (Å²) in [4.78, 5) is 21.8. The first-order valence-corrected chi connectivity index (χ1v) is 11.8. The van der Waals surface area contributed by atoms with Gasteiger partial charge in [0, 0.05) is 56.7 Å². The molecule has 1 fully saturated rings. The monoisotopic (exact) mass is 530 g/mol. The number of fused-ring (bicyclic) bond motifs is 1. The fourth-order valence-corrected chi connectivity index (χ4v) is 5.05. The van der Waals surface area contributed by atoms with Gasteiger partial charge in [0.1, 0.15) is 0 Å². The molecular weight excluding hydrogens is 495 g/mol. The molecule has 1 saturated heterocycles. The third-order valence-electron chi connectivity index (χ3n) is 5.52. The molecule has 2 aliphatic heterocycles. The summed E-state index contributed by atoms with van der Waals surface area (Å²) in [6, 6.07) is 8.46. The lowest BCUT2D eigenvalue weighted by molar-refractivity contribution is -0.132. The molecule has 162 valence electrons. The lowest BCUT2D eigenvalue weighted by Gasteiger charge is -2.34. The number of carbonyl (C=O) groups is 1. The number of aliphatic imine (C=N–C) groups is 1. The van der Waals surface area contributed by atoms with Crippen molar-refractivity contribution in [3.05, 3.63) is 35.4 Å². The molecular formula is C22H35IN4OS. The van der Waals surface area contributed by atoms with Crippen LogP contribution in [0.4, 0.5) is 0 Å². The quantitative estimate of drug-likeness (QED) is 0.264. The molecule has 1 unspecified atom stereocenters. The Morgan fingerprint density at radius 3 is 2.76 bits per heavy atom. The molecule has 0 spiro atoms. The van der Waals surface area contributed by atoms with Crippen LogP contribution >= 0.6 is 35.7 Å². The Kier molecular flexibility index (Phi) is 10.6. The van der Waals surface area contributed by atoms with Crippen molar-refractivity contribution in [1.82, 2.24) is 15.1 Å². The van der Waals surface area contributed by atoms with E-state index in [1.54, 1.807) is 0 Å². The van der Waals surface area contributed by atoms with Gasteiger partial charge in [-0.3, -0.25) is 9.79 Å². The molecule has 0 saturated carbocycles. The van der Waals surface area contributed by atoms with Crippen LogP contribution in [0.15, 0.2) is 29.3 Å². The first kappa shape index (κ1) is 24.3. The van der Waals surface area contributed by atoms with Crippen molar-refractivity contribution in [3.63, 3.8) is 0 Å². The molecule has 1 amide bonds. The zero-order valence-electron chi connectivity index (χ0n) is 17.7. The second-order valence-corrected chi connectivity index (χ2v) is 8.93. The molecule has 0 aliphatic carbocycles. The molecule has 0 aromatic heterocycles. The number of rotatable bonds is 6. The molecule has 7 heteroatoms. The zero-order chi connectivity index (χ0) is 19.8. The second-order valence-electron chi connectivity index (χ2n) is 7.52. The molecule has 1 aromatic carbocycles. The van der Waals surface area contributed by atoms with Crippen molar-refractivity contribution in [1.29, 1.82) is 0 Å². The minimum Gasteiger partial charge on any atom is -0.357 e. The number of halogens is 1. The highest BCUT2D eigenvalue weighted by atomic mass is 127. The van der Waals surface area contributed by atoms with Gasteiger partial charge in [0.2, 0.25) is 5.91 Å². The summed E-state index contributed by atoms with van der Waals surface area (Å²) in [7, 11) is 0. The predicted molar refractivity (Wildman–Crippen MR) is 134 cm³/mol. The number of benzene rings is 1. The van der Waals surface area contributed by atoms with Gasteiger partial charge in [-0.2, -0.15) is 11.8 Å². The predicted octanol–water partition coefficient (Wildman–Crippen LogP) is 3.76. The van der Waals surface area contributed by atoms with Crippen molar-refractivity contribution in [2.75, 3.05) is 38.5 Å². The third kappa shape index (κ3) is 7.05. The van der Waals surface area contributed by atoms with Crippen LogP contribution in [0, 0.1) is 0 Å². The van der Waals surface area contributed by atoms with Gasteiger partial charge in [0.15, 0.2) is 5.96 Å². The van der Waals surface area contributed by atoms with Gasteiger partial charge in [-0.1, -0.05) is 31.2 Å². The van der Waals surface area contributed by atoms with E-state index in [0.717, 1.165) is 57.3 Å². The third-order valence-corrected chi connectivity index (χ3v) is 6.89. The largest absolute Gasteiger partial charge is 0.357 e. The molecule has 0 radical (unpaired) electrons.